The number of nitrogens with zero attached hydrogens (tertiary/aromatic N) is 2. The maximum Gasteiger partial charge on any atom is 0.291 e. The molecule has 2 rings (SSSR count). The van der Waals surface area contributed by atoms with Gasteiger partial charge in [-0.1, -0.05) is 51.2 Å². The standard InChI is InChI=1S/C17H23N5O4S2/c1-5-10-18-13(23)11-8-6-7-9-12(11)22-28(25,26)16-21-20-15(27-16)19-14(24)17(2,3)4/h6-9,22H,5,10H2,1-4H3,(H,18,23)(H,19,20,24). The minimum atomic E-state index is -4.08. The van der Waals surface area contributed by atoms with Crippen molar-refractivity contribution in [3.05, 3.63) is 29.8 Å². The number of hydrogen-bond acceptors (Lipinski definition) is 7. The fourth-order valence-electron chi connectivity index (χ4n) is 1.95. The Kier molecular flexibility index (Phi) is 6.73. The van der Waals surface area contributed by atoms with Gasteiger partial charge < -0.3 is 10.6 Å². The van der Waals surface area contributed by atoms with Crippen LogP contribution in [0.5, 0.6) is 0 Å². The van der Waals surface area contributed by atoms with Crippen molar-refractivity contribution in [2.45, 2.75) is 38.5 Å². The van der Waals surface area contributed by atoms with Crippen LogP contribution in [-0.4, -0.2) is 37.0 Å². The first-order chi connectivity index (χ1) is 13.0. The van der Waals surface area contributed by atoms with Gasteiger partial charge in [0.05, 0.1) is 11.3 Å². The third-order valence-electron chi connectivity index (χ3n) is 3.49. The molecule has 2 aromatic rings. The van der Waals surface area contributed by atoms with Crippen molar-refractivity contribution in [3.8, 4) is 0 Å². The van der Waals surface area contributed by atoms with Crippen molar-refractivity contribution in [1.82, 2.24) is 15.5 Å². The number of rotatable bonds is 7. The smallest absolute Gasteiger partial charge is 0.291 e. The number of para-hydroxylation sites is 1. The molecule has 0 unspecified atom stereocenters. The van der Waals surface area contributed by atoms with Crippen LogP contribution in [0.15, 0.2) is 28.6 Å². The van der Waals surface area contributed by atoms with Crippen LogP contribution < -0.4 is 15.4 Å². The number of amides is 2. The zero-order chi connectivity index (χ0) is 20.9. The molecule has 2 amide bonds. The first-order valence-electron chi connectivity index (χ1n) is 8.59. The van der Waals surface area contributed by atoms with E-state index in [2.05, 4.69) is 25.6 Å². The van der Waals surface area contributed by atoms with Crippen LogP contribution in [0.1, 0.15) is 44.5 Å². The summed E-state index contributed by atoms with van der Waals surface area (Å²) in [6.45, 7) is 7.57. The Balaban J connectivity index is 2.21. The Labute approximate surface area is 168 Å². The van der Waals surface area contributed by atoms with Gasteiger partial charge in [0, 0.05) is 12.0 Å². The van der Waals surface area contributed by atoms with Crippen molar-refractivity contribution in [3.63, 3.8) is 0 Å². The normalized spacial score (nSPS) is 11.7. The van der Waals surface area contributed by atoms with Crippen LogP contribution in [0.25, 0.3) is 0 Å². The number of benzene rings is 1. The second-order valence-corrected chi connectivity index (χ2v) is 9.82. The first kappa shape index (κ1) is 21.8. The van der Waals surface area contributed by atoms with Crippen molar-refractivity contribution >= 4 is 44.0 Å². The average Bonchev–Trinajstić information content (AvgIpc) is 3.08. The maximum atomic E-state index is 12.6. The predicted octanol–water partition coefficient (Wildman–Crippen LogP) is 2.46. The zero-order valence-corrected chi connectivity index (χ0v) is 17.7. The third-order valence-corrected chi connectivity index (χ3v) is 6.06. The Morgan fingerprint density at radius 1 is 1.14 bits per heavy atom. The lowest BCUT2D eigenvalue weighted by Crippen LogP contribution is -2.27. The highest BCUT2D eigenvalue weighted by atomic mass is 32.2. The molecule has 0 saturated heterocycles. The summed E-state index contributed by atoms with van der Waals surface area (Å²) < 4.78 is 27.3. The monoisotopic (exact) mass is 425 g/mol. The summed E-state index contributed by atoms with van der Waals surface area (Å²) in [4.78, 5) is 24.3. The second kappa shape index (κ2) is 8.65. The van der Waals surface area contributed by atoms with Crippen LogP contribution >= 0.6 is 11.3 Å². The number of anilines is 2. The molecule has 28 heavy (non-hydrogen) atoms. The van der Waals surface area contributed by atoms with Crippen molar-refractivity contribution in [2.75, 3.05) is 16.6 Å². The van der Waals surface area contributed by atoms with Gasteiger partial charge in [0.1, 0.15) is 0 Å². The highest BCUT2D eigenvalue weighted by molar-refractivity contribution is 7.94. The molecular weight excluding hydrogens is 402 g/mol. The molecule has 1 aromatic heterocycles. The van der Waals surface area contributed by atoms with E-state index in [4.69, 9.17) is 0 Å². The van der Waals surface area contributed by atoms with Crippen LogP contribution in [0.3, 0.4) is 0 Å². The Bertz CT molecular complexity index is 964. The molecule has 0 aliphatic carbocycles. The molecule has 0 fully saturated rings. The third kappa shape index (κ3) is 5.49. The summed E-state index contributed by atoms with van der Waals surface area (Å²) in [7, 11) is -4.08. The number of carbonyl (C=O) groups excluding carboxylic acids is 2. The second-order valence-electron chi connectivity index (χ2n) is 6.98. The Hall–Kier alpha value is -2.53. The number of carbonyl (C=O) groups is 2. The lowest BCUT2D eigenvalue weighted by molar-refractivity contribution is -0.123. The quantitative estimate of drug-likeness (QED) is 0.584. The summed E-state index contributed by atoms with van der Waals surface area (Å²) in [5.74, 6) is -0.686. The van der Waals surface area contributed by atoms with Crippen LogP contribution in [0.4, 0.5) is 10.8 Å². The molecule has 152 valence electrons. The molecule has 0 bridgehead atoms. The number of sulfonamides is 1. The first-order valence-corrected chi connectivity index (χ1v) is 10.9. The lowest BCUT2D eigenvalue weighted by Gasteiger charge is -2.15. The summed E-state index contributed by atoms with van der Waals surface area (Å²) in [6, 6.07) is 6.27. The molecule has 1 aromatic carbocycles. The molecule has 0 aliphatic heterocycles. The van der Waals surface area contributed by atoms with Crippen LogP contribution in [0.2, 0.25) is 0 Å². The summed E-state index contributed by atoms with van der Waals surface area (Å²) in [5, 5.41) is 12.7. The van der Waals surface area contributed by atoms with Gasteiger partial charge in [0.2, 0.25) is 11.0 Å². The van der Waals surface area contributed by atoms with E-state index < -0.39 is 15.4 Å². The molecule has 9 nitrogen and oxygen atoms in total. The van der Waals surface area contributed by atoms with Gasteiger partial charge in [0.15, 0.2) is 0 Å². The van der Waals surface area contributed by atoms with E-state index in [9.17, 15) is 18.0 Å². The van der Waals surface area contributed by atoms with Crippen LogP contribution in [0, 0.1) is 5.41 Å². The molecule has 0 radical (unpaired) electrons. The van der Waals surface area contributed by atoms with Crippen molar-refractivity contribution < 1.29 is 18.0 Å². The van der Waals surface area contributed by atoms with Gasteiger partial charge in [-0.2, -0.15) is 8.42 Å². The van der Waals surface area contributed by atoms with E-state index in [1.807, 2.05) is 6.92 Å². The van der Waals surface area contributed by atoms with Crippen LogP contribution in [-0.2, 0) is 14.8 Å². The summed E-state index contributed by atoms with van der Waals surface area (Å²) in [6.07, 6.45) is 0.757. The maximum absolute atomic E-state index is 12.6. The topological polar surface area (TPSA) is 130 Å². The van der Waals surface area contributed by atoms with Gasteiger partial charge in [-0.05, 0) is 18.6 Å². The minimum Gasteiger partial charge on any atom is -0.352 e. The summed E-state index contributed by atoms with van der Waals surface area (Å²) in [5.41, 5.74) is -0.329. The average molecular weight is 426 g/mol. The fraction of sp³-hybridized carbons (Fsp3) is 0.412. The predicted molar refractivity (Wildman–Crippen MR) is 108 cm³/mol. The zero-order valence-electron chi connectivity index (χ0n) is 16.1. The van der Waals surface area contributed by atoms with Crippen molar-refractivity contribution in [1.29, 1.82) is 0 Å². The molecule has 1 heterocycles. The highest BCUT2D eigenvalue weighted by Gasteiger charge is 2.26. The minimum absolute atomic E-state index is 0.0780. The number of aromatic nitrogens is 2. The molecule has 0 spiro atoms. The fourth-order valence-corrected chi connectivity index (χ4v) is 3.92. The van der Waals surface area contributed by atoms with E-state index in [0.29, 0.717) is 6.54 Å². The van der Waals surface area contributed by atoms with Gasteiger partial charge in [-0.25, -0.2) is 0 Å². The Morgan fingerprint density at radius 2 is 1.82 bits per heavy atom. The van der Waals surface area contributed by atoms with E-state index in [0.717, 1.165) is 17.8 Å². The highest BCUT2D eigenvalue weighted by Crippen LogP contribution is 2.25. The Morgan fingerprint density at radius 3 is 2.46 bits per heavy atom. The molecule has 0 atom stereocenters. The number of nitrogens with one attached hydrogen (secondary N) is 3. The van der Waals surface area contributed by atoms with E-state index in [1.54, 1.807) is 32.9 Å². The molecule has 0 saturated carbocycles. The molecular formula is C17H23N5O4S2. The van der Waals surface area contributed by atoms with E-state index in [1.165, 1.54) is 12.1 Å². The van der Waals surface area contributed by atoms with Gasteiger partial charge in [-0.15, -0.1) is 10.2 Å². The SMILES string of the molecule is CCCNC(=O)c1ccccc1NS(=O)(=O)c1nnc(NC(=O)C(C)(C)C)s1. The molecule has 3 N–H and O–H groups in total. The number of hydrogen-bond donors (Lipinski definition) is 3. The van der Waals surface area contributed by atoms with Gasteiger partial charge >= 0.3 is 0 Å². The van der Waals surface area contributed by atoms with Gasteiger partial charge in [0.25, 0.3) is 20.3 Å². The van der Waals surface area contributed by atoms with Crippen molar-refractivity contribution in [2.24, 2.45) is 5.41 Å². The lowest BCUT2D eigenvalue weighted by atomic mass is 9.96. The summed E-state index contributed by atoms with van der Waals surface area (Å²) >= 11 is 0.726. The molecule has 0 aliphatic rings. The largest absolute Gasteiger partial charge is 0.352 e. The van der Waals surface area contributed by atoms with E-state index in [-0.39, 0.29) is 32.5 Å². The molecule has 11 heteroatoms. The van der Waals surface area contributed by atoms with E-state index >= 15 is 0 Å². The van der Waals surface area contributed by atoms with Gasteiger partial charge in [-0.3, -0.25) is 14.3 Å².